The predicted molar refractivity (Wildman–Crippen MR) is 69.0 cm³/mol. The van der Waals surface area contributed by atoms with Gasteiger partial charge in [-0.25, -0.2) is 0 Å². The maximum absolute atomic E-state index is 9.61. The fourth-order valence-corrected chi connectivity index (χ4v) is 1.45. The number of methoxy groups -OCH3 is 2. The molecule has 0 aliphatic heterocycles. The first-order chi connectivity index (χ1) is 7.96. The van der Waals surface area contributed by atoms with E-state index in [9.17, 15) is 5.11 Å². The van der Waals surface area contributed by atoms with Crippen LogP contribution in [0.3, 0.4) is 0 Å². The Morgan fingerprint density at radius 2 is 1.94 bits per heavy atom. The molecule has 0 aliphatic carbocycles. The van der Waals surface area contributed by atoms with E-state index in [1.54, 1.807) is 28.1 Å². The quantitative estimate of drug-likeness (QED) is 0.799. The number of aliphatic hydroxyl groups is 1. The van der Waals surface area contributed by atoms with Crippen LogP contribution in [-0.4, -0.2) is 31.5 Å². The third-order valence-electron chi connectivity index (χ3n) is 2.46. The number of benzene rings is 1. The Balaban J connectivity index is 2.64. The van der Waals surface area contributed by atoms with Crippen LogP contribution < -0.4 is 14.8 Å². The molecule has 0 unspecified atom stereocenters. The lowest BCUT2D eigenvalue weighted by atomic mass is 10.1. The molecular formula is C13H21NO3. The van der Waals surface area contributed by atoms with Gasteiger partial charge in [-0.2, -0.15) is 0 Å². The van der Waals surface area contributed by atoms with E-state index >= 15 is 0 Å². The van der Waals surface area contributed by atoms with Gasteiger partial charge in [0.15, 0.2) is 0 Å². The number of hydrogen-bond donors (Lipinski definition) is 2. The molecule has 0 saturated carbocycles. The Labute approximate surface area is 103 Å². The average Bonchev–Trinajstić information content (AvgIpc) is 2.27. The SMILES string of the molecule is COc1ccc(NCCC(C)(C)O)c(OC)c1. The van der Waals surface area contributed by atoms with E-state index in [1.807, 2.05) is 18.2 Å². The van der Waals surface area contributed by atoms with Gasteiger partial charge in [0.2, 0.25) is 0 Å². The summed E-state index contributed by atoms with van der Waals surface area (Å²) < 4.78 is 10.4. The molecule has 0 fully saturated rings. The van der Waals surface area contributed by atoms with Crippen LogP contribution >= 0.6 is 0 Å². The Morgan fingerprint density at radius 1 is 1.24 bits per heavy atom. The zero-order valence-electron chi connectivity index (χ0n) is 10.9. The van der Waals surface area contributed by atoms with E-state index in [0.717, 1.165) is 17.2 Å². The number of anilines is 1. The zero-order chi connectivity index (χ0) is 12.9. The maximum atomic E-state index is 9.61. The van der Waals surface area contributed by atoms with Crippen molar-refractivity contribution in [2.24, 2.45) is 0 Å². The molecule has 0 atom stereocenters. The second-order valence-electron chi connectivity index (χ2n) is 4.56. The molecule has 0 heterocycles. The Hall–Kier alpha value is -1.42. The first-order valence-corrected chi connectivity index (χ1v) is 5.64. The van der Waals surface area contributed by atoms with Crippen molar-refractivity contribution in [3.05, 3.63) is 18.2 Å². The van der Waals surface area contributed by atoms with E-state index in [0.29, 0.717) is 13.0 Å². The molecule has 0 bridgehead atoms. The minimum absolute atomic E-state index is 0.660. The van der Waals surface area contributed by atoms with Crippen LogP contribution in [-0.2, 0) is 0 Å². The summed E-state index contributed by atoms with van der Waals surface area (Å²) in [5.41, 5.74) is 0.240. The van der Waals surface area contributed by atoms with Gasteiger partial charge in [0.1, 0.15) is 11.5 Å². The van der Waals surface area contributed by atoms with Gasteiger partial charge in [0, 0.05) is 12.6 Å². The third-order valence-corrected chi connectivity index (χ3v) is 2.46. The second kappa shape index (κ2) is 5.77. The van der Waals surface area contributed by atoms with Gasteiger partial charge in [-0.15, -0.1) is 0 Å². The average molecular weight is 239 g/mol. The van der Waals surface area contributed by atoms with Gasteiger partial charge < -0.3 is 19.9 Å². The van der Waals surface area contributed by atoms with Crippen LogP contribution in [0.25, 0.3) is 0 Å². The second-order valence-corrected chi connectivity index (χ2v) is 4.56. The molecule has 0 amide bonds. The van der Waals surface area contributed by atoms with Gasteiger partial charge in [-0.05, 0) is 32.4 Å². The highest BCUT2D eigenvalue weighted by Crippen LogP contribution is 2.29. The molecule has 1 rings (SSSR count). The molecule has 2 N–H and O–H groups in total. The fraction of sp³-hybridized carbons (Fsp3) is 0.538. The predicted octanol–water partition coefficient (Wildman–Crippen LogP) is 2.28. The Kier molecular flexibility index (Phi) is 4.63. The van der Waals surface area contributed by atoms with Crippen LogP contribution in [0.15, 0.2) is 18.2 Å². The lowest BCUT2D eigenvalue weighted by Crippen LogP contribution is -2.22. The number of nitrogens with one attached hydrogen (secondary N) is 1. The van der Waals surface area contributed by atoms with Crippen molar-refractivity contribution in [2.45, 2.75) is 25.9 Å². The summed E-state index contributed by atoms with van der Waals surface area (Å²) in [6.45, 7) is 4.27. The first-order valence-electron chi connectivity index (χ1n) is 5.64. The molecule has 1 aromatic carbocycles. The van der Waals surface area contributed by atoms with Crippen molar-refractivity contribution >= 4 is 5.69 Å². The highest BCUT2D eigenvalue weighted by molar-refractivity contribution is 5.59. The van der Waals surface area contributed by atoms with Crippen molar-refractivity contribution in [1.82, 2.24) is 0 Å². The normalized spacial score (nSPS) is 11.1. The topological polar surface area (TPSA) is 50.7 Å². The molecule has 0 radical (unpaired) electrons. The van der Waals surface area contributed by atoms with Crippen LogP contribution in [0.4, 0.5) is 5.69 Å². The van der Waals surface area contributed by atoms with E-state index in [-0.39, 0.29) is 0 Å². The fourth-order valence-electron chi connectivity index (χ4n) is 1.45. The Morgan fingerprint density at radius 3 is 2.47 bits per heavy atom. The van der Waals surface area contributed by atoms with E-state index in [4.69, 9.17) is 9.47 Å². The van der Waals surface area contributed by atoms with E-state index in [1.165, 1.54) is 0 Å². The van der Waals surface area contributed by atoms with Crippen LogP contribution in [0, 0.1) is 0 Å². The Bertz CT molecular complexity index is 358. The summed E-state index contributed by atoms with van der Waals surface area (Å²) >= 11 is 0. The standard InChI is InChI=1S/C13H21NO3/c1-13(2,15)7-8-14-11-6-5-10(16-3)9-12(11)17-4/h5-6,9,14-15H,7-8H2,1-4H3. The van der Waals surface area contributed by atoms with Crippen LogP contribution in [0.2, 0.25) is 0 Å². The summed E-state index contributed by atoms with van der Waals surface area (Å²) in [4.78, 5) is 0. The largest absolute Gasteiger partial charge is 0.497 e. The van der Waals surface area contributed by atoms with Gasteiger partial charge >= 0.3 is 0 Å². The summed E-state index contributed by atoms with van der Waals surface area (Å²) in [6, 6.07) is 5.60. The minimum atomic E-state index is -0.660. The van der Waals surface area contributed by atoms with E-state index < -0.39 is 5.60 Å². The van der Waals surface area contributed by atoms with Gasteiger partial charge in [-0.3, -0.25) is 0 Å². The molecule has 0 spiro atoms. The van der Waals surface area contributed by atoms with Gasteiger partial charge in [0.05, 0.1) is 25.5 Å². The molecule has 0 saturated heterocycles. The van der Waals surface area contributed by atoms with Crippen molar-refractivity contribution in [3.8, 4) is 11.5 Å². The van der Waals surface area contributed by atoms with Crippen LogP contribution in [0.5, 0.6) is 11.5 Å². The summed E-state index contributed by atoms with van der Waals surface area (Å²) in [6.07, 6.45) is 0.669. The summed E-state index contributed by atoms with van der Waals surface area (Å²) in [7, 11) is 3.24. The lowest BCUT2D eigenvalue weighted by Gasteiger charge is -2.18. The van der Waals surface area contributed by atoms with Gasteiger partial charge in [0.25, 0.3) is 0 Å². The van der Waals surface area contributed by atoms with Crippen molar-refractivity contribution in [1.29, 1.82) is 0 Å². The molecule has 4 heteroatoms. The van der Waals surface area contributed by atoms with Crippen molar-refractivity contribution < 1.29 is 14.6 Å². The molecule has 0 aromatic heterocycles. The minimum Gasteiger partial charge on any atom is -0.497 e. The smallest absolute Gasteiger partial charge is 0.145 e. The number of ether oxygens (including phenoxy) is 2. The first kappa shape index (κ1) is 13.6. The summed E-state index contributed by atoms with van der Waals surface area (Å²) in [5, 5.41) is 12.8. The van der Waals surface area contributed by atoms with Crippen molar-refractivity contribution in [2.75, 3.05) is 26.1 Å². The summed E-state index contributed by atoms with van der Waals surface area (Å²) in [5.74, 6) is 1.50. The van der Waals surface area contributed by atoms with Crippen molar-refractivity contribution in [3.63, 3.8) is 0 Å². The zero-order valence-corrected chi connectivity index (χ0v) is 10.9. The van der Waals surface area contributed by atoms with Gasteiger partial charge in [-0.1, -0.05) is 0 Å². The lowest BCUT2D eigenvalue weighted by molar-refractivity contribution is 0.0748. The molecule has 1 aromatic rings. The number of hydrogen-bond acceptors (Lipinski definition) is 4. The number of rotatable bonds is 6. The molecule has 4 nitrogen and oxygen atoms in total. The maximum Gasteiger partial charge on any atom is 0.145 e. The molecule has 96 valence electrons. The van der Waals surface area contributed by atoms with Crippen LogP contribution in [0.1, 0.15) is 20.3 Å². The van der Waals surface area contributed by atoms with E-state index in [2.05, 4.69) is 5.32 Å². The third kappa shape index (κ3) is 4.53. The molecular weight excluding hydrogens is 218 g/mol. The monoisotopic (exact) mass is 239 g/mol. The molecule has 17 heavy (non-hydrogen) atoms. The highest BCUT2D eigenvalue weighted by Gasteiger charge is 2.12. The highest BCUT2D eigenvalue weighted by atomic mass is 16.5. The molecule has 0 aliphatic rings.